The van der Waals surface area contributed by atoms with Crippen LogP contribution < -0.4 is 5.73 Å². The molecule has 0 spiro atoms. The van der Waals surface area contributed by atoms with Crippen LogP contribution in [0.1, 0.15) is 44.9 Å². The van der Waals surface area contributed by atoms with Gasteiger partial charge in [-0.2, -0.15) is 0 Å². The normalized spacial score (nSPS) is 13.9. The Morgan fingerprint density at radius 1 is 1.31 bits per heavy atom. The molecule has 16 heavy (non-hydrogen) atoms. The summed E-state index contributed by atoms with van der Waals surface area (Å²) in [4.78, 5) is 1.08. The number of halogens is 1. The molecule has 0 aromatic heterocycles. The fraction of sp³-hybridized carbons (Fsp3) is 0.538. The maximum Gasteiger partial charge on any atom is 0.126 e. The van der Waals surface area contributed by atoms with Gasteiger partial charge in [-0.05, 0) is 37.1 Å². The maximum absolute atomic E-state index is 13.5. The second-order valence-corrected chi connectivity index (χ2v) is 7.01. The zero-order valence-corrected chi connectivity index (χ0v) is 11.4. The number of rotatable bonds is 2. The molecule has 0 unspecified atom stereocenters. The van der Waals surface area contributed by atoms with Crippen molar-refractivity contribution < 1.29 is 4.39 Å². The molecule has 0 heterocycles. The van der Waals surface area contributed by atoms with E-state index in [1.165, 1.54) is 0 Å². The van der Waals surface area contributed by atoms with Crippen molar-refractivity contribution in [3.05, 3.63) is 29.1 Å². The van der Waals surface area contributed by atoms with Crippen molar-refractivity contribution in [2.75, 3.05) is 0 Å². The molecule has 90 valence electrons. The maximum atomic E-state index is 13.5. The van der Waals surface area contributed by atoms with Gasteiger partial charge < -0.3 is 5.73 Å². The molecular weight excluding hydrogens is 221 g/mol. The van der Waals surface area contributed by atoms with E-state index in [1.807, 2.05) is 13.0 Å². The van der Waals surface area contributed by atoms with Gasteiger partial charge in [0.25, 0.3) is 0 Å². The van der Waals surface area contributed by atoms with Crippen LogP contribution >= 0.6 is 11.8 Å². The van der Waals surface area contributed by atoms with Crippen molar-refractivity contribution in [1.82, 2.24) is 0 Å². The molecule has 1 nitrogen and oxygen atoms in total. The Morgan fingerprint density at radius 2 is 1.88 bits per heavy atom. The first kappa shape index (κ1) is 13.5. The molecule has 0 saturated heterocycles. The lowest BCUT2D eigenvalue weighted by atomic mass is 10.1. The Kier molecular flexibility index (Phi) is 4.02. The summed E-state index contributed by atoms with van der Waals surface area (Å²) >= 11 is 1.73. The van der Waals surface area contributed by atoms with Gasteiger partial charge in [0.1, 0.15) is 5.82 Å². The molecular formula is C13H20FNS. The summed E-state index contributed by atoms with van der Waals surface area (Å²) in [5.74, 6) is -0.175. The Morgan fingerprint density at radius 3 is 2.31 bits per heavy atom. The standard InChI is InChI=1S/C13H20FNS/c1-8-6-12(16-13(3,4)5)10(9(2)15)7-11(8)14/h6-7,9H,15H2,1-5H3/t9-/m0/s1. The van der Waals surface area contributed by atoms with Gasteiger partial charge in [-0.15, -0.1) is 11.8 Å². The summed E-state index contributed by atoms with van der Waals surface area (Å²) in [5.41, 5.74) is 7.44. The number of thioether (sulfide) groups is 1. The van der Waals surface area contributed by atoms with Gasteiger partial charge in [-0.25, -0.2) is 4.39 Å². The first-order valence-electron chi connectivity index (χ1n) is 5.45. The summed E-state index contributed by atoms with van der Waals surface area (Å²) in [6.45, 7) is 10.1. The van der Waals surface area contributed by atoms with Crippen LogP contribution in [0.4, 0.5) is 4.39 Å². The van der Waals surface area contributed by atoms with E-state index in [2.05, 4.69) is 20.8 Å². The van der Waals surface area contributed by atoms with Crippen LogP contribution in [-0.2, 0) is 0 Å². The Labute approximate surface area is 102 Å². The van der Waals surface area contributed by atoms with Gasteiger partial charge in [0.15, 0.2) is 0 Å². The third-order valence-electron chi connectivity index (χ3n) is 2.20. The molecule has 0 aliphatic heterocycles. The number of nitrogens with two attached hydrogens (primary N) is 1. The van der Waals surface area contributed by atoms with E-state index in [1.54, 1.807) is 24.8 Å². The van der Waals surface area contributed by atoms with Crippen LogP contribution in [0, 0.1) is 12.7 Å². The quantitative estimate of drug-likeness (QED) is 0.791. The van der Waals surface area contributed by atoms with E-state index >= 15 is 0 Å². The predicted octanol–water partition coefficient (Wildman–Crippen LogP) is 4.04. The SMILES string of the molecule is Cc1cc(SC(C)(C)C)c([C@H](C)N)cc1F. The number of hydrogen-bond acceptors (Lipinski definition) is 2. The minimum absolute atomic E-state index is 0.105. The van der Waals surface area contributed by atoms with Gasteiger partial charge in [0.05, 0.1) is 0 Å². The Balaban J connectivity index is 3.20. The van der Waals surface area contributed by atoms with Crippen molar-refractivity contribution in [2.45, 2.75) is 50.3 Å². The van der Waals surface area contributed by atoms with Gasteiger partial charge in [-0.1, -0.05) is 20.8 Å². The van der Waals surface area contributed by atoms with E-state index in [0.717, 1.165) is 10.5 Å². The minimum Gasteiger partial charge on any atom is -0.324 e. The minimum atomic E-state index is -0.175. The molecule has 0 saturated carbocycles. The summed E-state index contributed by atoms with van der Waals surface area (Å²) in [5, 5.41) is 0. The fourth-order valence-electron chi connectivity index (χ4n) is 1.44. The van der Waals surface area contributed by atoms with Crippen LogP contribution in [0.2, 0.25) is 0 Å². The second kappa shape index (κ2) is 4.76. The first-order chi connectivity index (χ1) is 7.20. The lowest BCUT2D eigenvalue weighted by Gasteiger charge is -2.22. The molecule has 3 heteroatoms. The largest absolute Gasteiger partial charge is 0.324 e. The monoisotopic (exact) mass is 241 g/mol. The van der Waals surface area contributed by atoms with Crippen molar-refractivity contribution in [1.29, 1.82) is 0 Å². The zero-order chi connectivity index (χ0) is 12.5. The molecule has 0 radical (unpaired) electrons. The molecule has 1 rings (SSSR count). The fourth-order valence-corrected chi connectivity index (χ4v) is 2.70. The molecule has 2 N–H and O–H groups in total. The Bertz CT molecular complexity index is 380. The summed E-state index contributed by atoms with van der Waals surface area (Å²) in [6.07, 6.45) is 0. The van der Waals surface area contributed by atoms with Gasteiger partial charge in [0, 0.05) is 15.7 Å². The van der Waals surface area contributed by atoms with Crippen molar-refractivity contribution in [3.8, 4) is 0 Å². The van der Waals surface area contributed by atoms with Crippen LogP contribution in [-0.4, -0.2) is 4.75 Å². The molecule has 0 bridgehead atoms. The van der Waals surface area contributed by atoms with Crippen molar-refractivity contribution in [2.24, 2.45) is 5.73 Å². The van der Waals surface area contributed by atoms with Gasteiger partial charge in [0.2, 0.25) is 0 Å². The van der Waals surface area contributed by atoms with Crippen LogP contribution in [0.25, 0.3) is 0 Å². The average Bonchev–Trinajstić information content (AvgIpc) is 2.07. The molecule has 1 aromatic rings. The molecule has 0 aliphatic carbocycles. The number of benzene rings is 1. The van der Waals surface area contributed by atoms with Crippen LogP contribution in [0.5, 0.6) is 0 Å². The highest BCUT2D eigenvalue weighted by atomic mass is 32.2. The smallest absolute Gasteiger partial charge is 0.126 e. The zero-order valence-electron chi connectivity index (χ0n) is 10.6. The molecule has 0 amide bonds. The third-order valence-corrected chi connectivity index (χ3v) is 3.38. The van der Waals surface area contributed by atoms with E-state index < -0.39 is 0 Å². The highest BCUT2D eigenvalue weighted by molar-refractivity contribution is 8.00. The van der Waals surface area contributed by atoms with Crippen molar-refractivity contribution >= 4 is 11.8 Å². The van der Waals surface area contributed by atoms with Gasteiger partial charge in [-0.3, -0.25) is 0 Å². The first-order valence-corrected chi connectivity index (χ1v) is 6.27. The average molecular weight is 241 g/mol. The summed E-state index contributed by atoms with van der Waals surface area (Å²) in [7, 11) is 0. The lowest BCUT2D eigenvalue weighted by molar-refractivity contribution is 0.609. The lowest BCUT2D eigenvalue weighted by Crippen LogP contribution is -2.12. The Hall–Kier alpha value is -0.540. The summed E-state index contributed by atoms with van der Waals surface area (Å²) in [6, 6.07) is 3.32. The van der Waals surface area contributed by atoms with Crippen molar-refractivity contribution in [3.63, 3.8) is 0 Å². The molecule has 1 aromatic carbocycles. The number of aryl methyl sites for hydroxylation is 1. The second-order valence-electron chi connectivity index (χ2n) is 5.14. The van der Waals surface area contributed by atoms with E-state index in [0.29, 0.717) is 5.56 Å². The van der Waals surface area contributed by atoms with E-state index in [9.17, 15) is 4.39 Å². The molecule has 0 fully saturated rings. The van der Waals surface area contributed by atoms with Crippen LogP contribution in [0.3, 0.4) is 0 Å². The highest BCUT2D eigenvalue weighted by Crippen LogP contribution is 2.37. The van der Waals surface area contributed by atoms with E-state index in [4.69, 9.17) is 5.73 Å². The number of hydrogen-bond donors (Lipinski definition) is 1. The highest BCUT2D eigenvalue weighted by Gasteiger charge is 2.18. The van der Waals surface area contributed by atoms with Crippen LogP contribution in [0.15, 0.2) is 17.0 Å². The van der Waals surface area contributed by atoms with E-state index in [-0.39, 0.29) is 16.6 Å². The third kappa shape index (κ3) is 3.49. The molecule has 0 aliphatic rings. The topological polar surface area (TPSA) is 26.0 Å². The van der Waals surface area contributed by atoms with Gasteiger partial charge >= 0.3 is 0 Å². The predicted molar refractivity (Wildman–Crippen MR) is 69.3 cm³/mol. The summed E-state index contributed by atoms with van der Waals surface area (Å²) < 4.78 is 13.6. The molecule has 1 atom stereocenters.